The van der Waals surface area contributed by atoms with Gasteiger partial charge in [-0.1, -0.05) is 70.3 Å². The fourth-order valence-corrected chi connectivity index (χ4v) is 1.86. The highest BCUT2D eigenvalue weighted by molar-refractivity contribution is 5.05. The minimum atomic E-state index is 0.187. The summed E-state index contributed by atoms with van der Waals surface area (Å²) in [6, 6.07) is 0. The molecule has 0 aliphatic carbocycles. The molecule has 0 saturated heterocycles. The Hall–Kier alpha value is -0.600. The van der Waals surface area contributed by atoms with Crippen molar-refractivity contribution in [1.29, 1.82) is 0 Å². The molecule has 0 aromatic rings. The van der Waals surface area contributed by atoms with Crippen LogP contribution in [-0.2, 0) is 9.47 Å². The molecule has 0 fully saturated rings. The van der Waals surface area contributed by atoms with E-state index < -0.39 is 0 Å². The molecule has 0 saturated carbocycles. The van der Waals surface area contributed by atoms with E-state index >= 15 is 0 Å². The van der Waals surface area contributed by atoms with E-state index in [1.54, 1.807) is 7.11 Å². The maximum Gasteiger partial charge on any atom is 0.147 e. The van der Waals surface area contributed by atoms with E-state index in [1.807, 2.05) is 0 Å². The molecule has 0 N–H and O–H groups in total. The van der Waals surface area contributed by atoms with Crippen molar-refractivity contribution in [3.8, 4) is 0 Å². The number of rotatable bonds is 13. The number of methoxy groups -OCH3 is 1. The van der Waals surface area contributed by atoms with Gasteiger partial charge in [-0.15, -0.1) is 0 Å². The molecule has 19 heavy (non-hydrogen) atoms. The predicted octanol–water partition coefficient (Wildman–Crippen LogP) is 5.25. The van der Waals surface area contributed by atoms with Crippen LogP contribution < -0.4 is 0 Å². The third kappa shape index (κ3) is 13.6. The highest BCUT2D eigenvalue weighted by atomic mass is 16.7. The summed E-state index contributed by atoms with van der Waals surface area (Å²) >= 11 is 0. The molecule has 0 aliphatic heterocycles. The lowest BCUT2D eigenvalue weighted by atomic mass is 10.1. The summed E-state index contributed by atoms with van der Waals surface area (Å²) in [6.45, 7) is 4.83. The molecule has 0 amide bonds. The Labute approximate surface area is 119 Å². The SMILES string of the molecule is CCCCC/C=C/C=C\[C@H](CCCCC)OCOC. The summed E-state index contributed by atoms with van der Waals surface area (Å²) in [7, 11) is 1.67. The van der Waals surface area contributed by atoms with Crippen LogP contribution in [0.4, 0.5) is 0 Å². The Morgan fingerprint density at radius 1 is 0.947 bits per heavy atom. The minimum absolute atomic E-state index is 0.187. The molecule has 0 unspecified atom stereocenters. The van der Waals surface area contributed by atoms with Gasteiger partial charge in [0.2, 0.25) is 0 Å². The zero-order valence-corrected chi connectivity index (χ0v) is 13.1. The van der Waals surface area contributed by atoms with Crippen molar-refractivity contribution < 1.29 is 9.47 Å². The van der Waals surface area contributed by atoms with Gasteiger partial charge in [0, 0.05) is 7.11 Å². The van der Waals surface area contributed by atoms with Gasteiger partial charge in [0.15, 0.2) is 0 Å². The third-order valence-electron chi connectivity index (χ3n) is 3.04. The largest absolute Gasteiger partial charge is 0.359 e. The number of ether oxygens (including phenoxy) is 2. The minimum Gasteiger partial charge on any atom is -0.359 e. The molecule has 2 heteroatoms. The van der Waals surface area contributed by atoms with Gasteiger partial charge in [-0.25, -0.2) is 0 Å². The van der Waals surface area contributed by atoms with E-state index in [1.165, 1.54) is 44.9 Å². The van der Waals surface area contributed by atoms with Gasteiger partial charge in [-0.3, -0.25) is 0 Å². The van der Waals surface area contributed by atoms with Crippen molar-refractivity contribution in [2.45, 2.75) is 71.3 Å². The molecular weight excluding hydrogens is 236 g/mol. The van der Waals surface area contributed by atoms with Gasteiger partial charge < -0.3 is 9.47 Å². The van der Waals surface area contributed by atoms with Crippen LogP contribution in [0.1, 0.15) is 65.2 Å². The standard InChI is InChI=1S/C17H32O2/c1-4-6-8-9-10-11-13-15-17(19-16-18-3)14-12-7-5-2/h10-11,13,15,17H,4-9,12,14,16H2,1-3H3/b11-10+,15-13-/t17-/m0/s1. The van der Waals surface area contributed by atoms with E-state index in [0.717, 1.165) is 6.42 Å². The molecule has 0 radical (unpaired) electrons. The number of hydrogen-bond donors (Lipinski definition) is 0. The topological polar surface area (TPSA) is 18.5 Å². The summed E-state index contributed by atoms with van der Waals surface area (Å²) in [5, 5.41) is 0. The second-order valence-electron chi connectivity index (χ2n) is 4.92. The summed E-state index contributed by atoms with van der Waals surface area (Å²) < 4.78 is 10.6. The van der Waals surface area contributed by atoms with E-state index in [0.29, 0.717) is 6.79 Å². The smallest absolute Gasteiger partial charge is 0.147 e. The molecule has 2 nitrogen and oxygen atoms in total. The maximum atomic E-state index is 5.64. The van der Waals surface area contributed by atoms with Crippen molar-refractivity contribution in [2.75, 3.05) is 13.9 Å². The van der Waals surface area contributed by atoms with Crippen LogP contribution in [-0.4, -0.2) is 20.0 Å². The molecule has 0 aromatic heterocycles. The quantitative estimate of drug-likeness (QED) is 0.258. The van der Waals surface area contributed by atoms with Crippen molar-refractivity contribution >= 4 is 0 Å². The Morgan fingerprint density at radius 2 is 1.68 bits per heavy atom. The van der Waals surface area contributed by atoms with Crippen molar-refractivity contribution in [3.63, 3.8) is 0 Å². The lowest BCUT2D eigenvalue weighted by Crippen LogP contribution is -2.11. The van der Waals surface area contributed by atoms with Crippen molar-refractivity contribution in [3.05, 3.63) is 24.3 Å². The predicted molar refractivity (Wildman–Crippen MR) is 83.3 cm³/mol. The fraction of sp³-hybridized carbons (Fsp3) is 0.765. The van der Waals surface area contributed by atoms with Crippen LogP contribution in [0, 0.1) is 0 Å². The van der Waals surface area contributed by atoms with Crippen molar-refractivity contribution in [1.82, 2.24) is 0 Å². The first-order chi connectivity index (χ1) is 9.35. The average molecular weight is 268 g/mol. The Balaban J connectivity index is 3.85. The molecule has 0 heterocycles. The molecule has 0 rings (SSSR count). The normalized spacial score (nSPS) is 13.6. The lowest BCUT2D eigenvalue weighted by Gasteiger charge is -2.12. The van der Waals surface area contributed by atoms with Crippen LogP contribution in [0.15, 0.2) is 24.3 Å². The number of unbranched alkanes of at least 4 members (excludes halogenated alkanes) is 5. The Morgan fingerprint density at radius 3 is 2.37 bits per heavy atom. The van der Waals surface area contributed by atoms with Crippen LogP contribution in [0.3, 0.4) is 0 Å². The van der Waals surface area contributed by atoms with Crippen LogP contribution in [0.25, 0.3) is 0 Å². The number of hydrogen-bond acceptors (Lipinski definition) is 2. The summed E-state index contributed by atoms with van der Waals surface area (Å²) in [5.74, 6) is 0. The van der Waals surface area contributed by atoms with E-state index in [4.69, 9.17) is 9.47 Å². The van der Waals surface area contributed by atoms with Crippen LogP contribution in [0.5, 0.6) is 0 Å². The fourth-order valence-electron chi connectivity index (χ4n) is 1.86. The molecule has 0 bridgehead atoms. The van der Waals surface area contributed by atoms with Gasteiger partial charge in [-0.2, -0.15) is 0 Å². The zero-order chi connectivity index (χ0) is 14.2. The first kappa shape index (κ1) is 18.4. The highest BCUT2D eigenvalue weighted by Gasteiger charge is 2.03. The van der Waals surface area contributed by atoms with Gasteiger partial charge in [0.25, 0.3) is 0 Å². The Bertz CT molecular complexity index is 221. The average Bonchev–Trinajstić information content (AvgIpc) is 2.43. The van der Waals surface area contributed by atoms with E-state index in [2.05, 4.69) is 38.2 Å². The van der Waals surface area contributed by atoms with Gasteiger partial charge in [-0.05, 0) is 19.3 Å². The molecule has 0 spiro atoms. The first-order valence-electron chi connectivity index (χ1n) is 7.79. The molecule has 0 aliphatic rings. The molecule has 1 atom stereocenters. The number of allylic oxidation sites excluding steroid dienone is 3. The summed E-state index contributed by atoms with van der Waals surface area (Å²) in [4.78, 5) is 0. The van der Waals surface area contributed by atoms with Gasteiger partial charge >= 0.3 is 0 Å². The van der Waals surface area contributed by atoms with E-state index in [-0.39, 0.29) is 6.10 Å². The lowest BCUT2D eigenvalue weighted by molar-refractivity contribution is -0.0579. The monoisotopic (exact) mass is 268 g/mol. The van der Waals surface area contributed by atoms with E-state index in [9.17, 15) is 0 Å². The van der Waals surface area contributed by atoms with Gasteiger partial charge in [0.1, 0.15) is 6.79 Å². The van der Waals surface area contributed by atoms with Crippen LogP contribution in [0.2, 0.25) is 0 Å². The third-order valence-corrected chi connectivity index (χ3v) is 3.04. The van der Waals surface area contributed by atoms with Crippen molar-refractivity contribution in [2.24, 2.45) is 0 Å². The summed E-state index contributed by atoms with van der Waals surface area (Å²) in [5.41, 5.74) is 0. The van der Waals surface area contributed by atoms with Crippen LogP contribution >= 0.6 is 0 Å². The first-order valence-corrected chi connectivity index (χ1v) is 7.79. The van der Waals surface area contributed by atoms with Gasteiger partial charge in [0.05, 0.1) is 6.10 Å². The molecule has 0 aromatic carbocycles. The second kappa shape index (κ2) is 15.5. The molecule has 112 valence electrons. The summed E-state index contributed by atoms with van der Waals surface area (Å²) in [6.07, 6.45) is 18.7. The highest BCUT2D eigenvalue weighted by Crippen LogP contribution is 2.08. The maximum absolute atomic E-state index is 5.64. The Kier molecular flexibility index (Phi) is 15.0. The zero-order valence-electron chi connectivity index (χ0n) is 13.1. The second-order valence-corrected chi connectivity index (χ2v) is 4.92. The molecular formula is C17H32O2.